The first-order valence-corrected chi connectivity index (χ1v) is 22.4. The van der Waals surface area contributed by atoms with Crippen LogP contribution in [-0.4, -0.2) is 108 Å². The number of methoxy groups -OCH3 is 1. The van der Waals surface area contributed by atoms with Crippen molar-refractivity contribution >= 4 is 44.6 Å². The number of piperidine rings is 1. The molecule has 5 atom stereocenters. The summed E-state index contributed by atoms with van der Waals surface area (Å²) >= 11 is 0. The molecule has 3 aromatic rings. The van der Waals surface area contributed by atoms with Gasteiger partial charge in [-0.3, -0.25) is 28.9 Å². The summed E-state index contributed by atoms with van der Waals surface area (Å²) in [6.45, 7) is 10.7. The van der Waals surface area contributed by atoms with Crippen LogP contribution in [0.1, 0.15) is 71.3 Å². The third kappa shape index (κ3) is 9.11. The van der Waals surface area contributed by atoms with E-state index in [1.165, 1.54) is 15.9 Å². The lowest BCUT2D eigenvalue weighted by Gasteiger charge is -2.37. The van der Waals surface area contributed by atoms with Gasteiger partial charge in [-0.2, -0.15) is 13.2 Å². The summed E-state index contributed by atoms with van der Waals surface area (Å²) in [5.74, 6) is -4.75. The summed E-state index contributed by atoms with van der Waals surface area (Å²) in [4.78, 5) is 68.8. The fourth-order valence-corrected chi connectivity index (χ4v) is 10.0. The highest BCUT2D eigenvalue weighted by atomic mass is 32.2. The number of carbonyl (C=O) groups excluding carboxylic acids is 4. The predicted octanol–water partition coefficient (Wildman–Crippen LogP) is 5.48. The number of aromatic nitrogens is 2. The molecule has 62 heavy (non-hydrogen) atoms. The number of aryl methyl sites for hydroxylation is 1. The molecule has 18 heteroatoms. The van der Waals surface area contributed by atoms with E-state index in [1.54, 1.807) is 64.5 Å². The monoisotopic (exact) mass is 882 g/mol. The van der Waals surface area contributed by atoms with Crippen LogP contribution in [0.3, 0.4) is 0 Å². The zero-order valence-electron chi connectivity index (χ0n) is 35.5. The Morgan fingerprint density at radius 1 is 1.06 bits per heavy atom. The molecule has 4 aliphatic rings. The Morgan fingerprint density at radius 2 is 1.77 bits per heavy atom. The summed E-state index contributed by atoms with van der Waals surface area (Å²) in [7, 11) is -2.42. The van der Waals surface area contributed by atoms with Crippen LogP contribution in [0.15, 0.2) is 55.4 Å². The summed E-state index contributed by atoms with van der Waals surface area (Å²) in [6, 6.07) is 7.72. The number of benzene rings is 1. The fraction of sp³-hybridized carbons (Fsp3) is 0.545. The average Bonchev–Trinajstić information content (AvgIpc) is 4.16. The van der Waals surface area contributed by atoms with Crippen molar-refractivity contribution in [3.63, 3.8) is 0 Å². The average molecular weight is 883 g/mol. The lowest BCUT2D eigenvalue weighted by atomic mass is 9.77. The van der Waals surface area contributed by atoms with Crippen LogP contribution in [0.4, 0.5) is 13.2 Å². The number of amides is 4. The zero-order chi connectivity index (χ0) is 44.9. The van der Waals surface area contributed by atoms with Gasteiger partial charge in [0.1, 0.15) is 29.2 Å². The van der Waals surface area contributed by atoms with E-state index in [0.29, 0.717) is 46.5 Å². The number of hydrogen-bond acceptors (Lipinski definition) is 10. The van der Waals surface area contributed by atoms with E-state index in [1.807, 2.05) is 13.0 Å². The summed E-state index contributed by atoms with van der Waals surface area (Å²) < 4.78 is 80.5. The molecule has 4 amide bonds. The van der Waals surface area contributed by atoms with Crippen molar-refractivity contribution in [1.29, 1.82) is 0 Å². The molecular weight excluding hydrogens is 830 g/mol. The molecular formula is C44H53F3N6O8S. The van der Waals surface area contributed by atoms with Crippen molar-refractivity contribution in [1.82, 2.24) is 29.8 Å². The van der Waals surface area contributed by atoms with Gasteiger partial charge < -0.3 is 24.6 Å². The molecule has 1 aromatic carbocycles. The van der Waals surface area contributed by atoms with E-state index in [0.717, 1.165) is 5.56 Å². The van der Waals surface area contributed by atoms with Crippen molar-refractivity contribution in [2.75, 3.05) is 26.7 Å². The molecule has 2 aliphatic carbocycles. The Bertz CT molecular complexity index is 2360. The minimum absolute atomic E-state index is 0.0503. The second kappa shape index (κ2) is 16.8. The van der Waals surface area contributed by atoms with Crippen LogP contribution in [-0.2, 0) is 29.2 Å². The van der Waals surface area contributed by atoms with Crippen molar-refractivity contribution in [2.24, 2.45) is 23.2 Å². The predicted molar refractivity (Wildman–Crippen MR) is 223 cm³/mol. The van der Waals surface area contributed by atoms with Gasteiger partial charge in [-0.1, -0.05) is 26.8 Å². The number of fused-ring (bicyclic) bond motifs is 1. The molecule has 2 saturated carbocycles. The van der Waals surface area contributed by atoms with Gasteiger partial charge >= 0.3 is 6.18 Å². The van der Waals surface area contributed by atoms with Crippen LogP contribution in [0, 0.1) is 30.1 Å². The van der Waals surface area contributed by atoms with Crippen LogP contribution in [0.5, 0.6) is 11.5 Å². The van der Waals surface area contributed by atoms with Crippen LogP contribution in [0.2, 0.25) is 0 Å². The Hall–Kier alpha value is -5.26. The van der Waals surface area contributed by atoms with Gasteiger partial charge in [-0.25, -0.2) is 13.4 Å². The number of nitrogens with one attached hydrogen (secondary N) is 2. The number of carbonyl (C=O) groups is 4. The Balaban J connectivity index is 1.21. The maximum atomic E-state index is 14.9. The van der Waals surface area contributed by atoms with Crippen molar-refractivity contribution in [2.45, 2.75) is 102 Å². The van der Waals surface area contributed by atoms with Crippen molar-refractivity contribution < 1.29 is 50.2 Å². The van der Waals surface area contributed by atoms with Gasteiger partial charge in [0.2, 0.25) is 27.7 Å². The smallest absolute Gasteiger partial charge is 0.391 e. The standard InChI is InChI=1S/C44H53F3N6O8S/c1-7-27-22-43(27,41(57)51-62(58,59)30-10-11-30)50-39(55)34-19-29(61-36-21-33(26-9-8-16-48-23-26)49-38-25(2)35(60-6)13-12-31(36)38)24-53(34)40(56)32(42(3,4)5)20-37(54)52-17-14-28(15-18-52)44(45,46)47/h7-9,12-13,16,21,23,27-30,32,34H,1,10-11,14-15,17-20,22,24H2,2-6H3,(H,50,55)(H,51,57)/t27?,29-,32-,34+,43?/m1/s1. The molecule has 2 saturated heterocycles. The number of hydrogen-bond donors (Lipinski definition) is 2. The molecule has 0 bridgehead atoms. The summed E-state index contributed by atoms with van der Waals surface area (Å²) in [5.41, 5.74) is 0.0970. The van der Waals surface area contributed by atoms with Gasteiger partial charge in [-0.05, 0) is 68.7 Å². The van der Waals surface area contributed by atoms with Gasteiger partial charge in [-0.15, -0.1) is 6.58 Å². The fourth-order valence-electron chi connectivity index (χ4n) is 8.66. The Kier molecular flexibility index (Phi) is 12.1. The molecule has 334 valence electrons. The molecule has 2 N–H and O–H groups in total. The number of alkyl halides is 3. The van der Waals surface area contributed by atoms with Crippen LogP contribution >= 0.6 is 0 Å². The molecule has 2 aromatic heterocycles. The molecule has 0 spiro atoms. The van der Waals surface area contributed by atoms with E-state index >= 15 is 0 Å². The largest absolute Gasteiger partial charge is 0.496 e. The van der Waals surface area contributed by atoms with Gasteiger partial charge in [0.15, 0.2) is 0 Å². The van der Waals surface area contributed by atoms with Crippen LogP contribution in [0.25, 0.3) is 22.2 Å². The van der Waals surface area contributed by atoms with Gasteiger partial charge in [0.25, 0.3) is 5.91 Å². The second-order valence-electron chi connectivity index (χ2n) is 18.0. The Morgan fingerprint density at radius 3 is 2.35 bits per heavy atom. The maximum Gasteiger partial charge on any atom is 0.391 e. The third-order valence-corrected chi connectivity index (χ3v) is 14.6. The SMILES string of the molecule is C=CC1CC1(NC(=O)[C@@H]1C[C@@H](Oc2cc(-c3cccnc3)nc3c(C)c(OC)ccc23)CN1C(=O)[C@@H](CC(=O)N1CCC(C(F)(F)F)CC1)C(C)(C)C)C(=O)NS(=O)(=O)C1CC1. The Labute approximate surface area is 359 Å². The van der Waals surface area contributed by atoms with Crippen molar-refractivity contribution in [3.05, 3.63) is 60.9 Å². The highest BCUT2D eigenvalue weighted by Gasteiger charge is 2.62. The van der Waals surface area contributed by atoms with E-state index in [2.05, 4.69) is 21.6 Å². The number of sulfonamides is 1. The number of pyridine rings is 2. The van der Waals surface area contributed by atoms with E-state index in [9.17, 15) is 40.8 Å². The topological polar surface area (TPSA) is 177 Å². The van der Waals surface area contributed by atoms with E-state index in [-0.39, 0.29) is 51.7 Å². The number of ether oxygens (including phenoxy) is 2. The minimum atomic E-state index is -4.37. The summed E-state index contributed by atoms with van der Waals surface area (Å²) in [6.07, 6.45) is -0.332. The first-order chi connectivity index (χ1) is 29.2. The summed E-state index contributed by atoms with van der Waals surface area (Å²) in [5, 5.41) is 2.73. The molecule has 4 heterocycles. The number of halogens is 3. The van der Waals surface area contributed by atoms with Gasteiger partial charge in [0, 0.05) is 66.8 Å². The molecule has 14 nitrogen and oxygen atoms in total. The normalized spacial score (nSPS) is 23.7. The molecule has 0 radical (unpaired) electrons. The van der Waals surface area contributed by atoms with Crippen LogP contribution < -0.4 is 19.5 Å². The first-order valence-electron chi connectivity index (χ1n) is 20.9. The lowest BCUT2D eigenvalue weighted by molar-refractivity contribution is -0.186. The van der Waals surface area contributed by atoms with Gasteiger partial charge in [0.05, 0.1) is 42.0 Å². The number of rotatable bonds is 13. The zero-order valence-corrected chi connectivity index (χ0v) is 36.3. The molecule has 4 fully saturated rings. The lowest BCUT2D eigenvalue weighted by Crippen LogP contribution is -2.57. The van der Waals surface area contributed by atoms with E-state index in [4.69, 9.17) is 14.5 Å². The van der Waals surface area contributed by atoms with Crippen molar-refractivity contribution in [3.8, 4) is 22.8 Å². The maximum absolute atomic E-state index is 14.9. The number of likely N-dealkylation sites (tertiary alicyclic amines) is 2. The third-order valence-electron chi connectivity index (χ3n) is 12.7. The molecule has 2 aliphatic heterocycles. The second-order valence-corrected chi connectivity index (χ2v) is 20.0. The van der Waals surface area contributed by atoms with E-state index < -0.39 is 85.9 Å². The molecule has 7 rings (SSSR count). The first kappa shape index (κ1) is 44.8. The minimum Gasteiger partial charge on any atom is -0.496 e. The number of nitrogens with zero attached hydrogens (tertiary/aromatic N) is 4. The highest BCUT2D eigenvalue weighted by Crippen LogP contribution is 2.46. The molecule has 2 unspecified atom stereocenters. The highest BCUT2D eigenvalue weighted by molar-refractivity contribution is 7.91. The quantitative estimate of drug-likeness (QED) is 0.209.